The molecule has 0 aliphatic carbocycles. The van der Waals surface area contributed by atoms with Gasteiger partial charge in [-0.3, -0.25) is 20.9 Å². The maximum absolute atomic E-state index is 12.6. The molecule has 590 valence electrons. The highest BCUT2D eigenvalue weighted by Crippen LogP contribution is 2.38. The van der Waals surface area contributed by atoms with Crippen molar-refractivity contribution in [2.24, 2.45) is 7.05 Å². The van der Waals surface area contributed by atoms with E-state index in [1.807, 2.05) is 47.3 Å². The molecule has 0 spiro atoms. The van der Waals surface area contributed by atoms with Crippen LogP contribution in [-0.2, 0) is 35.3 Å². The Hall–Kier alpha value is -9.21. The van der Waals surface area contributed by atoms with Gasteiger partial charge in [-0.15, -0.1) is 0 Å². The van der Waals surface area contributed by atoms with Crippen LogP contribution >= 0.6 is 45.8 Å². The van der Waals surface area contributed by atoms with Gasteiger partial charge in [-0.05, 0) is 141 Å². The minimum Gasteiger partial charge on any atom is -0.468 e. The first-order valence-corrected chi connectivity index (χ1v) is 37.1. The lowest BCUT2D eigenvalue weighted by Crippen LogP contribution is -2.41. The molecule has 0 atom stereocenters. The van der Waals surface area contributed by atoms with E-state index in [9.17, 15) is 26.3 Å². The highest BCUT2D eigenvalue weighted by atomic mass is 127. The van der Waals surface area contributed by atoms with Crippen molar-refractivity contribution in [3.63, 3.8) is 0 Å². The molecule has 9 aromatic heterocycles. The molecule has 9 aromatic rings. The zero-order valence-electron chi connectivity index (χ0n) is 62.3. The van der Waals surface area contributed by atoms with Gasteiger partial charge in [0.25, 0.3) is 0 Å². The maximum atomic E-state index is 12.6. The van der Waals surface area contributed by atoms with Gasteiger partial charge >= 0.3 is 19.5 Å². The van der Waals surface area contributed by atoms with Crippen LogP contribution in [0.1, 0.15) is 66.6 Å². The van der Waals surface area contributed by atoms with Crippen LogP contribution in [0.25, 0.3) is 10.9 Å². The van der Waals surface area contributed by atoms with E-state index in [4.69, 9.17) is 77.2 Å². The van der Waals surface area contributed by atoms with E-state index >= 15 is 0 Å². The number of ether oxygens (including phenoxy) is 6. The van der Waals surface area contributed by atoms with E-state index < -0.39 is 25.6 Å². The summed E-state index contributed by atoms with van der Waals surface area (Å²) >= 11 is 14.3. The molecule has 5 N–H and O–H groups in total. The van der Waals surface area contributed by atoms with E-state index in [0.29, 0.717) is 121 Å². The van der Waals surface area contributed by atoms with Crippen molar-refractivity contribution in [1.82, 2.24) is 49.7 Å². The molecule has 5 fully saturated rings. The van der Waals surface area contributed by atoms with Gasteiger partial charge in [0.1, 0.15) is 37.3 Å². The van der Waals surface area contributed by atoms with Crippen molar-refractivity contribution in [2.75, 3.05) is 163 Å². The number of aryl methyl sites for hydroxylation is 2. The summed E-state index contributed by atoms with van der Waals surface area (Å²) < 4.78 is 121. The normalized spacial score (nSPS) is 16.1. The zero-order valence-corrected chi connectivity index (χ0v) is 66.0. The van der Waals surface area contributed by atoms with Crippen molar-refractivity contribution >= 4 is 121 Å². The quantitative estimate of drug-likeness (QED) is 0.0186. The average molecular weight is 1690 g/mol. The third-order valence-corrected chi connectivity index (χ3v) is 19.7. The van der Waals surface area contributed by atoms with Gasteiger partial charge in [0.2, 0.25) is 11.8 Å². The number of anilines is 6. The first kappa shape index (κ1) is 84.2. The number of halogens is 9. The number of nitrogens with one attached hydrogen (secondary N) is 5. The van der Waals surface area contributed by atoms with Gasteiger partial charge in [0.05, 0.1) is 114 Å². The fraction of sp³-hybridized carbons (Fsp3) is 0.405. The fourth-order valence-corrected chi connectivity index (χ4v) is 13.3. The van der Waals surface area contributed by atoms with E-state index in [1.165, 1.54) is 12.4 Å². The molecule has 0 unspecified atom stereocenters. The van der Waals surface area contributed by atoms with E-state index in [0.717, 1.165) is 82.3 Å². The van der Waals surface area contributed by atoms with Gasteiger partial charge in [-0.1, -0.05) is 23.2 Å². The lowest BCUT2D eigenvalue weighted by Gasteiger charge is -2.32. The second-order valence-corrected chi connectivity index (χ2v) is 28.1. The molecule has 14 heterocycles. The van der Waals surface area contributed by atoms with Crippen molar-refractivity contribution in [1.29, 1.82) is 16.2 Å². The van der Waals surface area contributed by atoms with Gasteiger partial charge in [-0.25, -0.2) is 39.9 Å². The summed E-state index contributed by atoms with van der Waals surface area (Å²) in [7, 11) is 4.97. The Balaban J connectivity index is 0.000000150. The molecule has 37 heteroatoms. The molecule has 0 radical (unpaired) electrons. The SMILES string of the molecule is CC1(C)OB(c2ccnc(N3CCOCC3)c2)OC1(C)C.CNc1ccnc(Cl)c1C(=N)c1ccnc(N2CCOCC2)c1.CNc1ccnc(OCC(F)(F)F)c1C(=N)c1ccnc(N2CCOCC2)c1.Cc1ccnc(OCC(F)(F)F)c1C(=N)c1ccnc(N2CCOCC2)c1.Cn1nc(I)c2c(Cl)nccc21. The summed E-state index contributed by atoms with van der Waals surface area (Å²) in [6.07, 6.45) is 3.71. The number of alkyl halides is 6. The van der Waals surface area contributed by atoms with E-state index in [1.54, 1.807) is 99.1 Å². The van der Waals surface area contributed by atoms with Crippen LogP contribution in [0, 0.1) is 26.9 Å². The second-order valence-electron chi connectivity index (χ2n) is 26.4. The number of morpholine rings is 4. The Labute approximate surface area is 662 Å². The number of hydrogen-bond donors (Lipinski definition) is 5. The van der Waals surface area contributed by atoms with Crippen LogP contribution in [0.2, 0.25) is 10.3 Å². The molecule has 111 heavy (non-hydrogen) atoms. The average Bonchev–Trinajstić information content (AvgIpc) is 1.61. The minimum absolute atomic E-state index is 0.00784. The van der Waals surface area contributed by atoms with Crippen molar-refractivity contribution in [2.45, 2.75) is 58.2 Å². The molecule has 0 saturated carbocycles. The largest absolute Gasteiger partial charge is 0.495 e. The lowest BCUT2D eigenvalue weighted by molar-refractivity contribution is -0.154. The Morgan fingerprint density at radius 2 is 0.847 bits per heavy atom. The summed E-state index contributed by atoms with van der Waals surface area (Å²) in [5.41, 5.74) is 6.35. The standard InChI is InChI=1S/C18H20F3N5O2.C18H19F3N4O2.C16H18ClN5O.C15H23BN2O3.C7H5ClIN3/c1-23-13-3-5-25-17(28-11-18(19,20)21)15(13)16(22)12-2-4-24-14(10-12)26-6-8-27-9-7-26;1-12-2-4-24-17(27-11-18(19,20)21)15(12)16(22)13-3-5-23-14(10-13)25-6-8-26-9-7-25;1-19-12-3-5-21-16(17)14(12)15(18)11-2-4-20-13(10-11)22-6-8-23-9-7-22;1-14(2)15(3,4)21-16(20-14)12-5-6-17-13(11-12)18-7-9-19-10-8-18;1-12-4-2-3-10-6(8)5(4)7(9)11-12/h2-5,10,22H,6-9,11H2,1H3,(H,23,25);2-5,10,22H,6-9,11H2,1H3;2-5,10,18H,6-9H2,1H3,(H,19,21);5-6,11H,7-10H2,1-4H3;2-3H,1H3. The Bertz CT molecular complexity index is 4650. The van der Waals surface area contributed by atoms with Crippen molar-refractivity contribution in [3.05, 3.63) is 175 Å². The third kappa shape index (κ3) is 22.4. The molecule has 0 aromatic carbocycles. The summed E-state index contributed by atoms with van der Waals surface area (Å²) in [4.78, 5) is 41.9. The number of fused-ring (bicyclic) bond motifs is 1. The molecule has 0 bridgehead atoms. The van der Waals surface area contributed by atoms with Crippen molar-refractivity contribution < 1.29 is 64.1 Å². The van der Waals surface area contributed by atoms with Gasteiger partial charge in [0.15, 0.2) is 13.2 Å². The first-order valence-electron chi connectivity index (χ1n) is 35.3. The smallest absolute Gasteiger partial charge is 0.468 e. The van der Waals surface area contributed by atoms with Gasteiger partial charge < -0.3 is 68.0 Å². The predicted molar refractivity (Wildman–Crippen MR) is 423 cm³/mol. The van der Waals surface area contributed by atoms with Gasteiger partial charge in [0, 0.05) is 145 Å². The fourth-order valence-electron chi connectivity index (χ4n) is 11.8. The summed E-state index contributed by atoms with van der Waals surface area (Å²) in [5, 5.41) is 37.6. The number of rotatable bonds is 17. The highest BCUT2D eigenvalue weighted by Gasteiger charge is 2.52. The first-order chi connectivity index (χ1) is 53.0. The maximum Gasteiger partial charge on any atom is 0.495 e. The van der Waals surface area contributed by atoms with Crippen LogP contribution in [0.4, 0.5) is 61.0 Å². The Kier molecular flexibility index (Phi) is 29.1. The number of pyridine rings is 8. The molecule has 14 rings (SSSR count). The highest BCUT2D eigenvalue weighted by molar-refractivity contribution is 14.1. The second kappa shape index (κ2) is 38.3. The van der Waals surface area contributed by atoms with Crippen LogP contribution in [0.5, 0.6) is 11.8 Å². The van der Waals surface area contributed by atoms with E-state index in [-0.39, 0.29) is 52.6 Å². The van der Waals surface area contributed by atoms with Crippen LogP contribution < -0.4 is 45.2 Å². The number of hydrogen-bond acceptors (Lipinski definition) is 26. The summed E-state index contributed by atoms with van der Waals surface area (Å²) in [5.74, 6) is 2.73. The van der Waals surface area contributed by atoms with Crippen LogP contribution in [0.15, 0.2) is 122 Å². The summed E-state index contributed by atoms with van der Waals surface area (Å²) in [6, 6.07) is 21.4. The van der Waals surface area contributed by atoms with Crippen LogP contribution in [0.3, 0.4) is 0 Å². The molecular formula is C74H85BCl2F6IN19O8. The molecule has 5 aliphatic rings. The molecular weight excluding hydrogens is 1610 g/mol. The Morgan fingerprint density at radius 3 is 1.27 bits per heavy atom. The molecule has 5 aliphatic heterocycles. The monoisotopic (exact) mass is 1690 g/mol. The summed E-state index contributed by atoms with van der Waals surface area (Å²) in [6.45, 7) is 18.4. The van der Waals surface area contributed by atoms with Gasteiger partial charge in [-0.2, -0.15) is 31.4 Å². The van der Waals surface area contributed by atoms with Crippen molar-refractivity contribution in [3.8, 4) is 11.8 Å². The minimum atomic E-state index is -4.50. The molecule has 5 saturated heterocycles. The predicted octanol–water partition coefficient (Wildman–Crippen LogP) is 11.6. The number of nitrogens with zero attached hydrogens (tertiary/aromatic N) is 14. The Morgan fingerprint density at radius 1 is 0.495 bits per heavy atom. The topological polar surface area (TPSA) is 303 Å². The molecule has 0 amide bonds. The zero-order chi connectivity index (χ0) is 79.6. The van der Waals surface area contributed by atoms with Crippen LogP contribution in [-0.4, -0.2) is 230 Å². The number of aromatic nitrogens is 10. The molecule has 27 nitrogen and oxygen atoms in total. The van der Waals surface area contributed by atoms with E-state index in [2.05, 4.69) is 122 Å². The third-order valence-electron chi connectivity index (χ3n) is 18.4. The lowest BCUT2D eigenvalue weighted by atomic mass is 9.79.